The van der Waals surface area contributed by atoms with Crippen molar-refractivity contribution in [1.82, 2.24) is 30.8 Å². The van der Waals surface area contributed by atoms with Gasteiger partial charge < -0.3 is 31.9 Å². The number of rotatable bonds is 12. The third-order valence-electron chi connectivity index (χ3n) is 12.8. The Morgan fingerprint density at radius 3 is 2.04 bits per heavy atom. The lowest BCUT2D eigenvalue weighted by atomic mass is 9.73. The summed E-state index contributed by atoms with van der Waals surface area (Å²) in [7, 11) is 0. The van der Waals surface area contributed by atoms with E-state index in [-0.39, 0.29) is 39.5 Å². The number of primary amides is 1. The van der Waals surface area contributed by atoms with Crippen LogP contribution in [0.5, 0.6) is 0 Å². The average Bonchev–Trinajstić information content (AvgIpc) is 3.21. The molecule has 1 aliphatic heterocycles. The molecule has 2 spiro atoms. The summed E-state index contributed by atoms with van der Waals surface area (Å²) < 4.78 is 0. The molecule has 276 valence electrons. The van der Waals surface area contributed by atoms with Crippen LogP contribution in [0, 0.1) is 33.0 Å². The van der Waals surface area contributed by atoms with Crippen molar-refractivity contribution < 1.29 is 24.0 Å². The first kappa shape index (κ1) is 37.5. The van der Waals surface area contributed by atoms with Gasteiger partial charge in [-0.3, -0.25) is 19.2 Å². The highest BCUT2D eigenvalue weighted by Gasteiger charge is 2.85. The quantitative estimate of drug-likeness (QED) is 0.206. The minimum absolute atomic E-state index is 0.0410. The fourth-order valence-corrected chi connectivity index (χ4v) is 9.10. The number of urea groups is 1. The van der Waals surface area contributed by atoms with Crippen molar-refractivity contribution in [3.63, 3.8) is 0 Å². The lowest BCUT2D eigenvalue weighted by molar-refractivity contribution is -0.143. The third-order valence-corrected chi connectivity index (χ3v) is 12.8. The zero-order valence-electron chi connectivity index (χ0n) is 31.2. The SMILES string of the molecule is CC(C)(C)C(CNc1ncccn1)NC(=O)N[C@H](C(=O)N1C[C@]2(C[C@H]1C(=O)NC(CC1CCC1)C(=O)C(N)=O)C(C)(C)C21CCC1)C(C)(C)C. The number of aromatic nitrogens is 2. The van der Waals surface area contributed by atoms with Gasteiger partial charge in [-0.2, -0.15) is 0 Å². The number of ketones is 1. The lowest BCUT2D eigenvalue weighted by Gasteiger charge is -2.37. The van der Waals surface area contributed by atoms with Gasteiger partial charge in [-0.25, -0.2) is 14.8 Å². The molecule has 13 nitrogen and oxygen atoms in total. The number of anilines is 1. The third kappa shape index (κ3) is 6.80. The molecule has 5 amide bonds. The first-order valence-electron chi connectivity index (χ1n) is 18.3. The highest BCUT2D eigenvalue weighted by atomic mass is 16.2. The van der Waals surface area contributed by atoms with Crippen molar-refractivity contribution in [3.05, 3.63) is 18.5 Å². The van der Waals surface area contributed by atoms with Gasteiger partial charge in [0.2, 0.25) is 23.5 Å². The molecule has 0 aromatic carbocycles. The molecule has 4 aliphatic rings. The number of carbonyl (C=O) groups excluding carboxylic acids is 5. The zero-order chi connectivity index (χ0) is 36.9. The van der Waals surface area contributed by atoms with Crippen LogP contribution >= 0.6 is 0 Å². The number of nitrogens with zero attached hydrogens (tertiary/aromatic N) is 3. The maximum Gasteiger partial charge on any atom is 0.315 e. The molecule has 1 saturated heterocycles. The molecule has 13 heteroatoms. The molecule has 0 radical (unpaired) electrons. The van der Waals surface area contributed by atoms with Crippen LogP contribution < -0.4 is 27.0 Å². The Morgan fingerprint density at radius 1 is 0.920 bits per heavy atom. The zero-order valence-corrected chi connectivity index (χ0v) is 31.2. The molecule has 1 aromatic rings. The van der Waals surface area contributed by atoms with E-state index in [0.717, 1.165) is 38.5 Å². The first-order valence-corrected chi connectivity index (χ1v) is 18.3. The predicted octanol–water partition coefficient (Wildman–Crippen LogP) is 3.54. The Balaban J connectivity index is 1.38. The van der Waals surface area contributed by atoms with Crippen LogP contribution in [-0.4, -0.2) is 81.7 Å². The van der Waals surface area contributed by atoms with Crippen LogP contribution in [0.3, 0.4) is 0 Å². The smallest absolute Gasteiger partial charge is 0.315 e. The van der Waals surface area contributed by atoms with Crippen LogP contribution in [0.1, 0.15) is 107 Å². The number of nitrogens with two attached hydrogens (primary N) is 1. The fraction of sp³-hybridized carbons (Fsp3) is 0.757. The number of hydrogen-bond donors (Lipinski definition) is 5. The molecule has 6 N–H and O–H groups in total. The molecular formula is C37H58N8O5. The van der Waals surface area contributed by atoms with Gasteiger partial charge in [0.05, 0.1) is 12.1 Å². The van der Waals surface area contributed by atoms with Crippen LogP contribution in [0.4, 0.5) is 10.7 Å². The molecule has 4 fully saturated rings. The summed E-state index contributed by atoms with van der Waals surface area (Å²) in [5, 5.41) is 12.1. The summed E-state index contributed by atoms with van der Waals surface area (Å²) in [5.41, 5.74) is 4.04. The highest BCUT2D eigenvalue weighted by molar-refractivity contribution is 6.37. The Bertz CT molecular complexity index is 1480. The number of Topliss-reactive ketones (excluding diaryl/α,β-unsaturated/α-hetero) is 1. The normalized spacial score (nSPS) is 25.4. The highest BCUT2D eigenvalue weighted by Crippen LogP contribution is 2.88. The average molecular weight is 695 g/mol. The topological polar surface area (TPSA) is 189 Å². The van der Waals surface area contributed by atoms with Crippen molar-refractivity contribution in [2.24, 2.45) is 38.7 Å². The summed E-state index contributed by atoms with van der Waals surface area (Å²) in [6, 6.07) is -1.98. The summed E-state index contributed by atoms with van der Waals surface area (Å²) in [5.74, 6) is -2.01. The molecular weight excluding hydrogens is 636 g/mol. The standard InChI is InChI=1S/C37H58N8O5/c1-33(2,3)25(20-41-31-39-16-11-17-40-31)43-32(50)44-27(34(4,5)6)30(49)45-21-37(35(7,8)36(37)14-10-15-36)19-24(45)29(48)42-23(26(46)28(38)47)18-22-12-9-13-22/h11,16-17,22-25,27H,9-10,12-15,18-21H2,1-8H3,(H2,38,47)(H,42,48)(H,39,40,41)(H2,43,44,50)/t23?,24-,25?,27+,37+/m0/s1. The Labute approximate surface area is 296 Å². The molecule has 0 bridgehead atoms. The van der Waals surface area contributed by atoms with E-state index in [0.29, 0.717) is 31.9 Å². The monoisotopic (exact) mass is 694 g/mol. The molecule has 5 rings (SSSR count). The number of nitrogens with one attached hydrogen (secondary N) is 4. The van der Waals surface area contributed by atoms with Crippen molar-refractivity contribution in [2.75, 3.05) is 18.4 Å². The summed E-state index contributed by atoms with van der Waals surface area (Å²) in [6.07, 6.45) is 10.2. The molecule has 2 heterocycles. The van der Waals surface area contributed by atoms with E-state index < -0.39 is 47.2 Å². The molecule has 3 aliphatic carbocycles. The Morgan fingerprint density at radius 2 is 1.56 bits per heavy atom. The van der Waals surface area contributed by atoms with Gasteiger partial charge in [0.1, 0.15) is 12.1 Å². The summed E-state index contributed by atoms with van der Waals surface area (Å²) in [4.78, 5) is 77.7. The van der Waals surface area contributed by atoms with E-state index in [4.69, 9.17) is 5.73 Å². The van der Waals surface area contributed by atoms with Crippen LogP contribution in [0.15, 0.2) is 18.5 Å². The number of carbonyl (C=O) groups is 5. The van der Waals surface area contributed by atoms with Crippen molar-refractivity contribution in [3.8, 4) is 0 Å². The van der Waals surface area contributed by atoms with Crippen LogP contribution in [0.2, 0.25) is 0 Å². The predicted molar refractivity (Wildman–Crippen MR) is 189 cm³/mol. The van der Waals surface area contributed by atoms with Gasteiger partial charge in [-0.15, -0.1) is 0 Å². The van der Waals surface area contributed by atoms with Gasteiger partial charge in [-0.05, 0) is 59.3 Å². The number of fused-ring (bicyclic) bond motifs is 1. The lowest BCUT2D eigenvalue weighted by Crippen LogP contribution is -2.61. The largest absolute Gasteiger partial charge is 0.363 e. The van der Waals surface area contributed by atoms with E-state index in [1.807, 2.05) is 41.5 Å². The van der Waals surface area contributed by atoms with Crippen LogP contribution in [-0.2, 0) is 19.2 Å². The van der Waals surface area contributed by atoms with Gasteiger partial charge in [-0.1, -0.05) is 81.1 Å². The summed E-state index contributed by atoms with van der Waals surface area (Å²) in [6.45, 7) is 16.9. The number of amides is 5. The maximum absolute atomic E-state index is 14.8. The van der Waals surface area contributed by atoms with Crippen molar-refractivity contribution >= 4 is 35.5 Å². The molecule has 50 heavy (non-hydrogen) atoms. The first-order chi connectivity index (χ1) is 23.2. The molecule has 1 aromatic heterocycles. The number of likely N-dealkylation sites (tertiary alicyclic amines) is 1. The Hall–Kier alpha value is -3.77. The Kier molecular flexibility index (Phi) is 10.1. The van der Waals surface area contributed by atoms with Gasteiger partial charge in [0.15, 0.2) is 0 Å². The van der Waals surface area contributed by atoms with Crippen molar-refractivity contribution in [2.45, 2.75) is 131 Å². The van der Waals surface area contributed by atoms with Gasteiger partial charge >= 0.3 is 6.03 Å². The molecule has 5 atom stereocenters. The van der Waals surface area contributed by atoms with Gasteiger partial charge in [0, 0.05) is 30.9 Å². The summed E-state index contributed by atoms with van der Waals surface area (Å²) >= 11 is 0. The van der Waals surface area contributed by atoms with E-state index in [2.05, 4.69) is 45.1 Å². The molecule has 3 saturated carbocycles. The maximum atomic E-state index is 14.8. The second-order valence-corrected chi connectivity index (χ2v) is 17.9. The molecule has 2 unspecified atom stereocenters. The van der Waals surface area contributed by atoms with Gasteiger partial charge in [0.25, 0.3) is 5.91 Å². The van der Waals surface area contributed by atoms with E-state index in [9.17, 15) is 24.0 Å². The van der Waals surface area contributed by atoms with E-state index in [1.165, 1.54) is 0 Å². The number of hydrogen-bond acceptors (Lipinski definition) is 8. The van der Waals surface area contributed by atoms with E-state index in [1.54, 1.807) is 23.4 Å². The van der Waals surface area contributed by atoms with Crippen LogP contribution in [0.25, 0.3) is 0 Å². The van der Waals surface area contributed by atoms with E-state index >= 15 is 0 Å². The second kappa shape index (κ2) is 13.4. The minimum atomic E-state index is -1.08. The fourth-order valence-electron chi connectivity index (χ4n) is 9.10. The minimum Gasteiger partial charge on any atom is -0.363 e. The van der Waals surface area contributed by atoms with Crippen molar-refractivity contribution in [1.29, 1.82) is 0 Å². The second-order valence-electron chi connectivity index (χ2n) is 17.9.